The van der Waals surface area contributed by atoms with Crippen molar-refractivity contribution < 1.29 is 9.47 Å². The summed E-state index contributed by atoms with van der Waals surface area (Å²) < 4.78 is 10.6. The summed E-state index contributed by atoms with van der Waals surface area (Å²) >= 11 is 0. The van der Waals surface area contributed by atoms with E-state index < -0.39 is 0 Å². The second-order valence-corrected chi connectivity index (χ2v) is 3.98. The average Bonchev–Trinajstić information content (AvgIpc) is 2.33. The second-order valence-electron chi connectivity index (χ2n) is 3.98. The van der Waals surface area contributed by atoms with E-state index in [2.05, 4.69) is 5.32 Å². The van der Waals surface area contributed by atoms with Gasteiger partial charge in [-0.25, -0.2) is 0 Å². The van der Waals surface area contributed by atoms with Crippen LogP contribution in [0.2, 0.25) is 0 Å². The molecule has 1 aliphatic rings. The zero-order chi connectivity index (χ0) is 11.4. The van der Waals surface area contributed by atoms with Gasteiger partial charge in [0.25, 0.3) is 0 Å². The van der Waals surface area contributed by atoms with E-state index in [1.807, 2.05) is 18.2 Å². The van der Waals surface area contributed by atoms with Gasteiger partial charge in [0.15, 0.2) is 0 Å². The van der Waals surface area contributed by atoms with Gasteiger partial charge in [-0.15, -0.1) is 0 Å². The maximum absolute atomic E-state index is 5.98. The molecule has 0 bridgehead atoms. The number of nitrogen functional groups attached to an aromatic ring is 1. The van der Waals surface area contributed by atoms with Crippen molar-refractivity contribution in [2.24, 2.45) is 0 Å². The molecule has 88 valence electrons. The summed E-state index contributed by atoms with van der Waals surface area (Å²) in [6, 6.07) is 6.11. The molecule has 4 nitrogen and oxygen atoms in total. The standard InChI is InChI=1S/C12H18N2O2/c1-15-11-6-2-5-10(12(11)13)14-9-4-3-7-16-8-9/h2,5-6,9,14H,3-4,7-8,13H2,1H3. The summed E-state index contributed by atoms with van der Waals surface area (Å²) in [5, 5.41) is 3.39. The molecule has 4 heteroatoms. The first-order chi connectivity index (χ1) is 7.81. The maximum atomic E-state index is 5.98. The number of para-hydroxylation sites is 1. The van der Waals surface area contributed by atoms with Crippen molar-refractivity contribution >= 4 is 11.4 Å². The highest BCUT2D eigenvalue weighted by molar-refractivity contribution is 5.73. The molecule has 2 rings (SSSR count). The predicted octanol–water partition coefficient (Wildman–Crippen LogP) is 1.87. The number of rotatable bonds is 3. The lowest BCUT2D eigenvalue weighted by atomic mass is 10.1. The van der Waals surface area contributed by atoms with Gasteiger partial charge >= 0.3 is 0 Å². The molecular formula is C12H18N2O2. The average molecular weight is 222 g/mol. The van der Waals surface area contributed by atoms with E-state index in [4.69, 9.17) is 15.2 Å². The SMILES string of the molecule is COc1cccc(NC2CCCOC2)c1N. The molecule has 0 amide bonds. The van der Waals surface area contributed by atoms with Gasteiger partial charge in [0.2, 0.25) is 0 Å². The van der Waals surface area contributed by atoms with Crippen molar-refractivity contribution in [1.82, 2.24) is 0 Å². The molecule has 0 spiro atoms. The van der Waals surface area contributed by atoms with Crippen molar-refractivity contribution in [3.05, 3.63) is 18.2 Å². The van der Waals surface area contributed by atoms with Crippen LogP contribution in [0.3, 0.4) is 0 Å². The highest BCUT2D eigenvalue weighted by Crippen LogP contribution is 2.30. The van der Waals surface area contributed by atoms with E-state index in [9.17, 15) is 0 Å². The number of nitrogens with one attached hydrogen (secondary N) is 1. The summed E-state index contributed by atoms with van der Waals surface area (Å²) in [5.41, 5.74) is 7.57. The van der Waals surface area contributed by atoms with Crippen LogP contribution in [0.5, 0.6) is 5.75 Å². The number of ether oxygens (including phenoxy) is 2. The molecule has 0 aliphatic carbocycles. The molecule has 1 unspecified atom stereocenters. The quantitative estimate of drug-likeness (QED) is 0.766. The molecule has 1 aromatic rings. The lowest BCUT2D eigenvalue weighted by Crippen LogP contribution is -2.30. The molecule has 1 aromatic carbocycles. The van der Waals surface area contributed by atoms with Crippen LogP contribution in [0.25, 0.3) is 0 Å². The minimum absolute atomic E-state index is 0.350. The predicted molar refractivity (Wildman–Crippen MR) is 64.9 cm³/mol. The third-order valence-electron chi connectivity index (χ3n) is 2.81. The highest BCUT2D eigenvalue weighted by Gasteiger charge is 2.15. The van der Waals surface area contributed by atoms with Crippen molar-refractivity contribution in [2.45, 2.75) is 18.9 Å². The van der Waals surface area contributed by atoms with Gasteiger partial charge in [-0.05, 0) is 25.0 Å². The van der Waals surface area contributed by atoms with Crippen molar-refractivity contribution in [3.63, 3.8) is 0 Å². The fourth-order valence-corrected chi connectivity index (χ4v) is 1.92. The minimum Gasteiger partial charge on any atom is -0.495 e. The van der Waals surface area contributed by atoms with Crippen LogP contribution in [-0.2, 0) is 4.74 Å². The van der Waals surface area contributed by atoms with Crippen LogP contribution in [-0.4, -0.2) is 26.4 Å². The van der Waals surface area contributed by atoms with Crippen molar-refractivity contribution in [1.29, 1.82) is 0 Å². The Kier molecular flexibility index (Phi) is 3.51. The van der Waals surface area contributed by atoms with E-state index in [0.717, 1.165) is 31.7 Å². The van der Waals surface area contributed by atoms with Gasteiger partial charge in [0, 0.05) is 12.6 Å². The zero-order valence-corrected chi connectivity index (χ0v) is 9.53. The Morgan fingerprint density at radius 3 is 3.06 bits per heavy atom. The number of anilines is 2. The highest BCUT2D eigenvalue weighted by atomic mass is 16.5. The van der Waals surface area contributed by atoms with E-state index in [-0.39, 0.29) is 0 Å². The van der Waals surface area contributed by atoms with Gasteiger partial charge < -0.3 is 20.5 Å². The number of benzene rings is 1. The number of hydrogen-bond donors (Lipinski definition) is 2. The topological polar surface area (TPSA) is 56.5 Å². The van der Waals surface area contributed by atoms with Crippen LogP contribution in [0.4, 0.5) is 11.4 Å². The Morgan fingerprint density at radius 1 is 1.50 bits per heavy atom. The van der Waals surface area contributed by atoms with Gasteiger partial charge in [0.05, 0.1) is 25.1 Å². The Balaban J connectivity index is 2.08. The van der Waals surface area contributed by atoms with Crippen LogP contribution in [0.1, 0.15) is 12.8 Å². The molecule has 1 saturated heterocycles. The molecule has 0 saturated carbocycles. The Hall–Kier alpha value is -1.42. The third kappa shape index (κ3) is 2.39. The number of methoxy groups -OCH3 is 1. The van der Waals surface area contributed by atoms with E-state index in [1.165, 1.54) is 0 Å². The minimum atomic E-state index is 0.350. The monoisotopic (exact) mass is 222 g/mol. The maximum Gasteiger partial charge on any atom is 0.143 e. The van der Waals surface area contributed by atoms with Gasteiger partial charge in [-0.3, -0.25) is 0 Å². The molecule has 3 N–H and O–H groups in total. The van der Waals surface area contributed by atoms with Gasteiger partial charge in [0.1, 0.15) is 5.75 Å². The molecular weight excluding hydrogens is 204 g/mol. The number of hydrogen-bond acceptors (Lipinski definition) is 4. The fourth-order valence-electron chi connectivity index (χ4n) is 1.92. The van der Waals surface area contributed by atoms with Crippen molar-refractivity contribution in [2.75, 3.05) is 31.4 Å². The third-order valence-corrected chi connectivity index (χ3v) is 2.81. The Morgan fingerprint density at radius 2 is 2.38 bits per heavy atom. The molecule has 0 aromatic heterocycles. The summed E-state index contributed by atoms with van der Waals surface area (Å²) in [7, 11) is 1.62. The normalized spacial score (nSPS) is 20.4. The largest absolute Gasteiger partial charge is 0.495 e. The van der Waals surface area contributed by atoms with Crippen LogP contribution in [0, 0.1) is 0 Å². The first-order valence-electron chi connectivity index (χ1n) is 5.58. The number of nitrogens with two attached hydrogens (primary N) is 1. The Labute approximate surface area is 95.7 Å². The van der Waals surface area contributed by atoms with Crippen LogP contribution < -0.4 is 15.8 Å². The summed E-state index contributed by atoms with van der Waals surface area (Å²) in [5.74, 6) is 0.710. The Bertz CT molecular complexity index is 349. The molecule has 1 heterocycles. The lowest BCUT2D eigenvalue weighted by Gasteiger charge is -2.25. The molecule has 16 heavy (non-hydrogen) atoms. The second kappa shape index (κ2) is 5.07. The zero-order valence-electron chi connectivity index (χ0n) is 9.53. The summed E-state index contributed by atoms with van der Waals surface area (Å²) in [4.78, 5) is 0. The van der Waals surface area contributed by atoms with E-state index in [1.54, 1.807) is 7.11 Å². The summed E-state index contributed by atoms with van der Waals surface area (Å²) in [6.45, 7) is 1.61. The van der Waals surface area contributed by atoms with Crippen LogP contribution in [0.15, 0.2) is 18.2 Å². The summed E-state index contributed by atoms with van der Waals surface area (Å²) in [6.07, 6.45) is 2.22. The smallest absolute Gasteiger partial charge is 0.143 e. The first kappa shape index (κ1) is 11.1. The molecule has 1 atom stereocenters. The fraction of sp³-hybridized carbons (Fsp3) is 0.500. The van der Waals surface area contributed by atoms with Crippen LogP contribution >= 0.6 is 0 Å². The van der Waals surface area contributed by atoms with Gasteiger partial charge in [-0.2, -0.15) is 0 Å². The van der Waals surface area contributed by atoms with Gasteiger partial charge in [-0.1, -0.05) is 6.07 Å². The lowest BCUT2D eigenvalue weighted by molar-refractivity contribution is 0.0876. The van der Waals surface area contributed by atoms with E-state index in [0.29, 0.717) is 17.5 Å². The molecule has 1 aliphatic heterocycles. The molecule has 0 radical (unpaired) electrons. The van der Waals surface area contributed by atoms with E-state index >= 15 is 0 Å². The first-order valence-corrected chi connectivity index (χ1v) is 5.58. The van der Waals surface area contributed by atoms with Crippen molar-refractivity contribution in [3.8, 4) is 5.75 Å². The molecule has 1 fully saturated rings.